The first-order valence-corrected chi connectivity index (χ1v) is 8.14. The maximum absolute atomic E-state index is 10.2. The Balaban J connectivity index is 1.79. The molecular formula is C16H24BrNO. The first-order valence-electron chi connectivity index (χ1n) is 7.35. The Morgan fingerprint density at radius 2 is 2.11 bits per heavy atom. The third kappa shape index (κ3) is 4.59. The van der Waals surface area contributed by atoms with Crippen molar-refractivity contribution in [3.8, 4) is 0 Å². The van der Waals surface area contributed by atoms with E-state index in [2.05, 4.69) is 27.8 Å². The quantitative estimate of drug-likeness (QED) is 0.884. The van der Waals surface area contributed by atoms with E-state index in [0.29, 0.717) is 0 Å². The summed E-state index contributed by atoms with van der Waals surface area (Å²) in [7, 11) is 0. The molecule has 2 atom stereocenters. The maximum Gasteiger partial charge on any atom is 0.0802 e. The minimum Gasteiger partial charge on any atom is -0.388 e. The van der Waals surface area contributed by atoms with Crippen LogP contribution in [0, 0.1) is 5.92 Å². The normalized spacial score (nSPS) is 22.4. The average Bonchev–Trinajstić information content (AvgIpc) is 2.46. The summed E-state index contributed by atoms with van der Waals surface area (Å²) in [5, 5.41) is 10.2. The number of piperidine rings is 1. The van der Waals surface area contributed by atoms with E-state index >= 15 is 0 Å². The molecule has 19 heavy (non-hydrogen) atoms. The molecule has 0 radical (unpaired) electrons. The molecular weight excluding hydrogens is 302 g/mol. The molecule has 1 N–H and O–H groups in total. The number of rotatable bonds is 5. The summed E-state index contributed by atoms with van der Waals surface area (Å²) in [6.07, 6.45) is 4.47. The topological polar surface area (TPSA) is 23.5 Å². The van der Waals surface area contributed by atoms with Crippen LogP contribution in [0.1, 0.15) is 44.3 Å². The molecule has 1 saturated heterocycles. The van der Waals surface area contributed by atoms with E-state index < -0.39 is 0 Å². The molecule has 2 rings (SSSR count). The summed E-state index contributed by atoms with van der Waals surface area (Å²) < 4.78 is 1.06. The molecule has 106 valence electrons. The van der Waals surface area contributed by atoms with Crippen LogP contribution in [0.5, 0.6) is 0 Å². The second-order valence-electron chi connectivity index (χ2n) is 5.57. The first kappa shape index (κ1) is 15.0. The summed E-state index contributed by atoms with van der Waals surface area (Å²) in [6, 6.07) is 7.98. The third-order valence-electron chi connectivity index (χ3n) is 4.15. The van der Waals surface area contributed by atoms with Gasteiger partial charge in [0, 0.05) is 17.6 Å². The van der Waals surface area contributed by atoms with Crippen LogP contribution in [0.25, 0.3) is 0 Å². The number of hydrogen-bond donors (Lipinski definition) is 1. The maximum atomic E-state index is 10.2. The standard InChI is InChI=1S/C16H24BrNO/c1-2-13-4-3-10-18(12-13)11-9-16(19)14-5-7-15(17)8-6-14/h5-8,13,16,19H,2-4,9-12H2,1H3. The Morgan fingerprint density at radius 3 is 2.79 bits per heavy atom. The highest BCUT2D eigenvalue weighted by molar-refractivity contribution is 9.10. The SMILES string of the molecule is CCC1CCCN(CCC(O)c2ccc(Br)cc2)C1. The summed E-state index contributed by atoms with van der Waals surface area (Å²) in [5.74, 6) is 0.860. The molecule has 2 unspecified atom stereocenters. The fraction of sp³-hybridized carbons (Fsp3) is 0.625. The Bertz CT molecular complexity index is 379. The van der Waals surface area contributed by atoms with E-state index in [-0.39, 0.29) is 6.10 Å². The second kappa shape index (κ2) is 7.41. The van der Waals surface area contributed by atoms with E-state index in [0.717, 1.165) is 28.9 Å². The predicted molar refractivity (Wildman–Crippen MR) is 83.2 cm³/mol. The van der Waals surface area contributed by atoms with Crippen molar-refractivity contribution in [1.29, 1.82) is 0 Å². The van der Waals surface area contributed by atoms with E-state index in [1.165, 1.54) is 32.4 Å². The number of hydrogen-bond acceptors (Lipinski definition) is 2. The van der Waals surface area contributed by atoms with Gasteiger partial charge < -0.3 is 10.0 Å². The van der Waals surface area contributed by atoms with Crippen molar-refractivity contribution < 1.29 is 5.11 Å². The van der Waals surface area contributed by atoms with E-state index in [1.807, 2.05) is 24.3 Å². The first-order chi connectivity index (χ1) is 9.19. The van der Waals surface area contributed by atoms with Crippen LogP contribution in [0.3, 0.4) is 0 Å². The van der Waals surface area contributed by atoms with Gasteiger partial charge in [0.05, 0.1) is 6.10 Å². The van der Waals surface area contributed by atoms with Crippen molar-refractivity contribution in [3.63, 3.8) is 0 Å². The number of aliphatic hydroxyl groups excluding tert-OH is 1. The van der Waals surface area contributed by atoms with E-state index in [4.69, 9.17) is 0 Å². The molecule has 0 aromatic heterocycles. The van der Waals surface area contributed by atoms with Crippen molar-refractivity contribution >= 4 is 15.9 Å². The van der Waals surface area contributed by atoms with Crippen molar-refractivity contribution in [1.82, 2.24) is 4.90 Å². The molecule has 1 aromatic rings. The van der Waals surface area contributed by atoms with Crippen LogP contribution in [-0.2, 0) is 0 Å². The second-order valence-corrected chi connectivity index (χ2v) is 6.49. The van der Waals surface area contributed by atoms with Gasteiger partial charge in [-0.3, -0.25) is 0 Å². The lowest BCUT2D eigenvalue weighted by atomic mass is 9.95. The van der Waals surface area contributed by atoms with Gasteiger partial charge in [0.25, 0.3) is 0 Å². The number of aliphatic hydroxyl groups is 1. The predicted octanol–water partition coefficient (Wildman–Crippen LogP) is 3.99. The van der Waals surface area contributed by atoms with E-state index in [9.17, 15) is 5.11 Å². The lowest BCUT2D eigenvalue weighted by Gasteiger charge is -2.32. The molecule has 2 nitrogen and oxygen atoms in total. The summed E-state index contributed by atoms with van der Waals surface area (Å²) in [5.41, 5.74) is 1.02. The smallest absolute Gasteiger partial charge is 0.0802 e. The average molecular weight is 326 g/mol. The van der Waals surface area contributed by atoms with Gasteiger partial charge >= 0.3 is 0 Å². The molecule has 0 aliphatic carbocycles. The molecule has 1 aromatic carbocycles. The number of benzene rings is 1. The van der Waals surface area contributed by atoms with Gasteiger partial charge in [0.15, 0.2) is 0 Å². The molecule has 0 spiro atoms. The highest BCUT2D eigenvalue weighted by Crippen LogP contribution is 2.23. The summed E-state index contributed by atoms with van der Waals surface area (Å²) in [6.45, 7) is 5.70. The molecule has 3 heteroatoms. The summed E-state index contributed by atoms with van der Waals surface area (Å²) >= 11 is 3.42. The number of halogens is 1. The molecule has 1 fully saturated rings. The lowest BCUT2D eigenvalue weighted by molar-refractivity contribution is 0.118. The zero-order chi connectivity index (χ0) is 13.7. The molecule has 0 saturated carbocycles. The fourth-order valence-electron chi connectivity index (χ4n) is 2.84. The molecule has 0 bridgehead atoms. The van der Waals surface area contributed by atoms with Crippen LogP contribution in [0.4, 0.5) is 0 Å². The number of likely N-dealkylation sites (tertiary alicyclic amines) is 1. The minimum atomic E-state index is -0.338. The zero-order valence-electron chi connectivity index (χ0n) is 11.7. The van der Waals surface area contributed by atoms with Gasteiger partial charge in [-0.15, -0.1) is 0 Å². The minimum absolute atomic E-state index is 0.338. The Labute approximate surface area is 124 Å². The van der Waals surface area contributed by atoms with Crippen LogP contribution in [0.15, 0.2) is 28.7 Å². The van der Waals surface area contributed by atoms with Crippen molar-refractivity contribution in [2.24, 2.45) is 5.92 Å². The van der Waals surface area contributed by atoms with Crippen LogP contribution in [-0.4, -0.2) is 29.6 Å². The van der Waals surface area contributed by atoms with Gasteiger partial charge in [-0.05, 0) is 49.4 Å². The van der Waals surface area contributed by atoms with Crippen molar-refractivity contribution in [2.75, 3.05) is 19.6 Å². The summed E-state index contributed by atoms with van der Waals surface area (Å²) in [4.78, 5) is 2.51. The highest BCUT2D eigenvalue weighted by atomic mass is 79.9. The lowest BCUT2D eigenvalue weighted by Crippen LogP contribution is -2.36. The van der Waals surface area contributed by atoms with Gasteiger partial charge in [-0.2, -0.15) is 0 Å². The van der Waals surface area contributed by atoms with Gasteiger partial charge in [-0.1, -0.05) is 41.4 Å². The van der Waals surface area contributed by atoms with Crippen molar-refractivity contribution in [3.05, 3.63) is 34.3 Å². The van der Waals surface area contributed by atoms with Crippen LogP contribution < -0.4 is 0 Å². The van der Waals surface area contributed by atoms with Gasteiger partial charge in [0.1, 0.15) is 0 Å². The highest BCUT2D eigenvalue weighted by Gasteiger charge is 2.19. The van der Waals surface area contributed by atoms with E-state index in [1.54, 1.807) is 0 Å². The molecule has 1 aliphatic heterocycles. The fourth-order valence-corrected chi connectivity index (χ4v) is 3.11. The molecule has 1 heterocycles. The number of nitrogens with zero attached hydrogens (tertiary/aromatic N) is 1. The Hall–Kier alpha value is -0.380. The Kier molecular flexibility index (Phi) is 5.86. The van der Waals surface area contributed by atoms with Crippen LogP contribution in [0.2, 0.25) is 0 Å². The molecule has 1 aliphatic rings. The van der Waals surface area contributed by atoms with Crippen LogP contribution >= 0.6 is 15.9 Å². The van der Waals surface area contributed by atoms with Crippen molar-refractivity contribution in [2.45, 2.75) is 38.7 Å². The van der Waals surface area contributed by atoms with Gasteiger partial charge in [-0.25, -0.2) is 0 Å². The largest absolute Gasteiger partial charge is 0.388 e. The zero-order valence-corrected chi connectivity index (χ0v) is 13.3. The monoisotopic (exact) mass is 325 g/mol. The molecule has 0 amide bonds. The third-order valence-corrected chi connectivity index (χ3v) is 4.68. The Morgan fingerprint density at radius 1 is 1.37 bits per heavy atom. The van der Waals surface area contributed by atoms with Gasteiger partial charge in [0.2, 0.25) is 0 Å².